The molecule has 0 unspecified atom stereocenters. The standard InChI is InChI=1S/C13H12BNO/c15-13(16)10-6-8-12(9-7-10)14-11-4-2-1-3-5-11/h1-9,14H,(H2,15,16). The van der Waals surface area contributed by atoms with Crippen molar-refractivity contribution in [3.8, 4) is 0 Å². The van der Waals surface area contributed by atoms with Crippen LogP contribution in [0, 0.1) is 0 Å². The molecule has 2 aromatic carbocycles. The van der Waals surface area contributed by atoms with Gasteiger partial charge >= 0.3 is 0 Å². The summed E-state index contributed by atoms with van der Waals surface area (Å²) in [5, 5.41) is 0. The minimum Gasteiger partial charge on any atom is -0.366 e. The van der Waals surface area contributed by atoms with Gasteiger partial charge < -0.3 is 5.73 Å². The molecule has 0 aliphatic heterocycles. The Balaban J connectivity index is 2.14. The number of carbonyl (C=O) groups excluding carboxylic acids is 1. The van der Waals surface area contributed by atoms with Gasteiger partial charge in [0.1, 0.15) is 0 Å². The van der Waals surface area contributed by atoms with E-state index in [1.165, 1.54) is 10.9 Å². The molecule has 0 radical (unpaired) electrons. The van der Waals surface area contributed by atoms with Gasteiger partial charge in [-0.25, -0.2) is 0 Å². The van der Waals surface area contributed by atoms with Gasteiger partial charge in [-0.3, -0.25) is 4.79 Å². The average molecular weight is 209 g/mol. The first-order chi connectivity index (χ1) is 7.75. The molecule has 0 aliphatic carbocycles. The van der Waals surface area contributed by atoms with Gasteiger partial charge in [0, 0.05) is 5.56 Å². The number of amides is 1. The summed E-state index contributed by atoms with van der Waals surface area (Å²) < 4.78 is 0. The maximum absolute atomic E-state index is 10.9. The van der Waals surface area contributed by atoms with E-state index in [-0.39, 0.29) is 5.91 Å². The number of hydrogen-bond acceptors (Lipinski definition) is 1. The van der Waals surface area contributed by atoms with Crippen LogP contribution in [0.15, 0.2) is 54.6 Å². The lowest BCUT2D eigenvalue weighted by Gasteiger charge is -2.01. The van der Waals surface area contributed by atoms with E-state index in [2.05, 4.69) is 12.1 Å². The van der Waals surface area contributed by atoms with E-state index in [0.29, 0.717) is 5.56 Å². The van der Waals surface area contributed by atoms with Gasteiger partial charge in [-0.2, -0.15) is 0 Å². The molecule has 16 heavy (non-hydrogen) atoms. The fourth-order valence-corrected chi connectivity index (χ4v) is 1.62. The second kappa shape index (κ2) is 4.66. The molecule has 0 atom stereocenters. The van der Waals surface area contributed by atoms with Crippen molar-refractivity contribution in [1.29, 1.82) is 0 Å². The fourth-order valence-electron chi connectivity index (χ4n) is 1.62. The van der Waals surface area contributed by atoms with E-state index in [4.69, 9.17) is 5.73 Å². The van der Waals surface area contributed by atoms with Crippen LogP contribution in [0.5, 0.6) is 0 Å². The van der Waals surface area contributed by atoms with Gasteiger partial charge in [-0.15, -0.1) is 0 Å². The highest BCUT2D eigenvalue weighted by Crippen LogP contribution is 1.94. The lowest BCUT2D eigenvalue weighted by atomic mass is 9.64. The highest BCUT2D eigenvalue weighted by Gasteiger charge is 2.01. The molecular formula is C13H12BNO. The normalized spacial score (nSPS) is 9.75. The van der Waals surface area contributed by atoms with Crippen LogP contribution in [-0.4, -0.2) is 13.2 Å². The maximum Gasteiger partial charge on any atom is 0.248 e. The molecule has 0 spiro atoms. The first kappa shape index (κ1) is 10.5. The zero-order valence-corrected chi connectivity index (χ0v) is 8.89. The zero-order valence-electron chi connectivity index (χ0n) is 8.89. The molecule has 0 fully saturated rings. The molecule has 0 bridgehead atoms. The van der Waals surface area contributed by atoms with Crippen LogP contribution in [-0.2, 0) is 0 Å². The summed E-state index contributed by atoms with van der Waals surface area (Å²) in [5.41, 5.74) is 8.17. The van der Waals surface area contributed by atoms with Crippen molar-refractivity contribution >= 4 is 24.1 Å². The van der Waals surface area contributed by atoms with E-state index < -0.39 is 0 Å². The Morgan fingerprint density at radius 2 is 1.44 bits per heavy atom. The molecule has 0 aliphatic rings. The SMILES string of the molecule is NC(=O)c1ccc(Bc2ccccc2)cc1. The van der Waals surface area contributed by atoms with Crippen LogP contribution < -0.4 is 16.7 Å². The minimum absolute atomic E-state index is 0.383. The Labute approximate surface area is 95.3 Å². The van der Waals surface area contributed by atoms with E-state index in [1.54, 1.807) is 12.1 Å². The number of primary amides is 1. The van der Waals surface area contributed by atoms with Crippen molar-refractivity contribution in [3.63, 3.8) is 0 Å². The van der Waals surface area contributed by atoms with Gasteiger partial charge in [0.25, 0.3) is 0 Å². The lowest BCUT2D eigenvalue weighted by Crippen LogP contribution is -2.27. The van der Waals surface area contributed by atoms with Gasteiger partial charge in [0.15, 0.2) is 7.28 Å². The fraction of sp³-hybridized carbons (Fsp3) is 0. The first-order valence-electron chi connectivity index (χ1n) is 5.18. The number of hydrogen-bond donors (Lipinski definition) is 1. The topological polar surface area (TPSA) is 43.1 Å². The molecule has 2 rings (SSSR count). The summed E-state index contributed by atoms with van der Waals surface area (Å²) in [6, 6.07) is 17.6. The van der Waals surface area contributed by atoms with Crippen molar-refractivity contribution in [3.05, 3.63) is 60.2 Å². The van der Waals surface area contributed by atoms with Crippen LogP contribution in [0.3, 0.4) is 0 Å². The van der Waals surface area contributed by atoms with Crippen molar-refractivity contribution in [2.24, 2.45) is 5.73 Å². The molecule has 2 nitrogen and oxygen atoms in total. The number of nitrogens with two attached hydrogens (primary N) is 1. The molecule has 0 saturated carbocycles. The molecule has 78 valence electrons. The van der Waals surface area contributed by atoms with Crippen molar-refractivity contribution < 1.29 is 4.79 Å². The van der Waals surface area contributed by atoms with Crippen molar-refractivity contribution in [2.45, 2.75) is 0 Å². The first-order valence-corrected chi connectivity index (χ1v) is 5.18. The van der Waals surface area contributed by atoms with Crippen LogP contribution in [0.1, 0.15) is 10.4 Å². The van der Waals surface area contributed by atoms with Gasteiger partial charge in [0.2, 0.25) is 5.91 Å². The molecule has 2 N–H and O–H groups in total. The summed E-state index contributed by atoms with van der Waals surface area (Å²) >= 11 is 0. The van der Waals surface area contributed by atoms with Crippen LogP contribution >= 0.6 is 0 Å². The van der Waals surface area contributed by atoms with E-state index >= 15 is 0 Å². The predicted octanol–water partition coefficient (Wildman–Crippen LogP) is 0.173. The van der Waals surface area contributed by atoms with E-state index in [1.807, 2.05) is 30.3 Å². The third-order valence-corrected chi connectivity index (χ3v) is 2.49. The summed E-state index contributed by atoms with van der Waals surface area (Å²) in [4.78, 5) is 10.9. The van der Waals surface area contributed by atoms with Gasteiger partial charge in [-0.1, -0.05) is 65.5 Å². The van der Waals surface area contributed by atoms with Crippen LogP contribution in [0.25, 0.3) is 0 Å². The number of carbonyl (C=O) groups is 1. The molecular weight excluding hydrogens is 197 g/mol. The van der Waals surface area contributed by atoms with Crippen molar-refractivity contribution in [1.82, 2.24) is 0 Å². The quantitative estimate of drug-likeness (QED) is 0.719. The largest absolute Gasteiger partial charge is 0.366 e. The minimum atomic E-state index is -0.383. The molecule has 3 heteroatoms. The highest BCUT2D eigenvalue weighted by molar-refractivity contribution is 6.67. The predicted molar refractivity (Wildman–Crippen MR) is 67.8 cm³/mol. The van der Waals surface area contributed by atoms with E-state index in [0.717, 1.165) is 7.28 Å². The van der Waals surface area contributed by atoms with Gasteiger partial charge in [0.05, 0.1) is 0 Å². The molecule has 0 aromatic heterocycles. The lowest BCUT2D eigenvalue weighted by molar-refractivity contribution is 0.100. The Morgan fingerprint density at radius 3 is 2.00 bits per heavy atom. The Morgan fingerprint density at radius 1 is 0.875 bits per heavy atom. The summed E-state index contributed by atoms with van der Waals surface area (Å²) in [7, 11) is 0.875. The Hall–Kier alpha value is -2.03. The monoisotopic (exact) mass is 209 g/mol. The molecule has 2 aromatic rings. The Kier molecular flexibility index (Phi) is 3.06. The third kappa shape index (κ3) is 2.51. The third-order valence-electron chi connectivity index (χ3n) is 2.49. The second-order valence-electron chi connectivity index (χ2n) is 3.72. The van der Waals surface area contributed by atoms with E-state index in [9.17, 15) is 4.79 Å². The van der Waals surface area contributed by atoms with Crippen LogP contribution in [0.2, 0.25) is 0 Å². The maximum atomic E-state index is 10.9. The Bertz CT molecular complexity index is 479. The molecule has 1 amide bonds. The average Bonchev–Trinajstić information content (AvgIpc) is 2.31. The highest BCUT2D eigenvalue weighted by atomic mass is 16.1. The smallest absolute Gasteiger partial charge is 0.248 e. The van der Waals surface area contributed by atoms with Crippen LogP contribution in [0.4, 0.5) is 0 Å². The number of benzene rings is 2. The zero-order chi connectivity index (χ0) is 11.4. The summed E-state index contributed by atoms with van der Waals surface area (Å²) in [6.07, 6.45) is 0. The second-order valence-corrected chi connectivity index (χ2v) is 3.72. The van der Waals surface area contributed by atoms with Gasteiger partial charge in [-0.05, 0) is 0 Å². The summed E-state index contributed by atoms with van der Waals surface area (Å²) in [5.74, 6) is -0.383. The molecule has 0 heterocycles. The summed E-state index contributed by atoms with van der Waals surface area (Å²) in [6.45, 7) is 0. The van der Waals surface area contributed by atoms with Crippen molar-refractivity contribution in [2.75, 3.05) is 0 Å². The number of rotatable bonds is 3. The molecule has 0 saturated heterocycles.